The van der Waals surface area contributed by atoms with Crippen LogP contribution in [-0.4, -0.2) is 50.7 Å². The standard InChI is InChI=1S/C11H10Cl2N2O4/c12-8-2-1-6(9(13)14-8)10(17)15-4-5(16)3-7(15)11(18)19/h1-2,5,7,16H,3-4H2,(H,18,19)/t5-,7-/m0/s1. The third-order valence-electron chi connectivity index (χ3n) is 2.87. The summed E-state index contributed by atoms with van der Waals surface area (Å²) in [6.07, 6.45) is -0.858. The Balaban J connectivity index is 2.30. The average Bonchev–Trinajstić information content (AvgIpc) is 2.70. The van der Waals surface area contributed by atoms with Crippen LogP contribution in [-0.2, 0) is 4.79 Å². The molecule has 0 unspecified atom stereocenters. The predicted molar refractivity (Wildman–Crippen MR) is 67.3 cm³/mol. The topological polar surface area (TPSA) is 90.7 Å². The number of hydrogen-bond donors (Lipinski definition) is 2. The second-order valence-electron chi connectivity index (χ2n) is 4.17. The Labute approximate surface area is 118 Å². The van der Waals surface area contributed by atoms with Gasteiger partial charge in [-0.15, -0.1) is 0 Å². The highest BCUT2D eigenvalue weighted by Crippen LogP contribution is 2.24. The lowest BCUT2D eigenvalue weighted by Gasteiger charge is -2.21. The molecule has 1 aliphatic heterocycles. The molecular weight excluding hydrogens is 295 g/mol. The molecule has 2 atom stereocenters. The van der Waals surface area contributed by atoms with Crippen LogP contribution in [0.3, 0.4) is 0 Å². The van der Waals surface area contributed by atoms with Gasteiger partial charge in [-0.25, -0.2) is 9.78 Å². The van der Waals surface area contributed by atoms with Crippen molar-refractivity contribution >= 4 is 35.1 Å². The number of aliphatic hydroxyl groups is 1. The molecule has 0 aromatic carbocycles. The second-order valence-corrected chi connectivity index (χ2v) is 4.92. The number of carboxylic acid groups (broad SMARTS) is 1. The van der Waals surface area contributed by atoms with E-state index in [0.29, 0.717) is 0 Å². The monoisotopic (exact) mass is 304 g/mol. The summed E-state index contributed by atoms with van der Waals surface area (Å²) in [7, 11) is 0. The number of aliphatic carboxylic acids is 1. The molecule has 0 bridgehead atoms. The molecule has 0 spiro atoms. The first kappa shape index (κ1) is 14.0. The Morgan fingerprint density at radius 2 is 2.05 bits per heavy atom. The lowest BCUT2D eigenvalue weighted by atomic mass is 10.2. The minimum atomic E-state index is -1.16. The summed E-state index contributed by atoms with van der Waals surface area (Å²) in [4.78, 5) is 28.1. The lowest BCUT2D eigenvalue weighted by molar-refractivity contribution is -0.141. The molecule has 102 valence electrons. The maximum Gasteiger partial charge on any atom is 0.326 e. The van der Waals surface area contributed by atoms with Crippen LogP contribution in [0.5, 0.6) is 0 Å². The fraction of sp³-hybridized carbons (Fsp3) is 0.364. The van der Waals surface area contributed by atoms with Crippen molar-refractivity contribution in [2.75, 3.05) is 6.54 Å². The van der Waals surface area contributed by atoms with Crippen molar-refractivity contribution in [3.63, 3.8) is 0 Å². The smallest absolute Gasteiger partial charge is 0.326 e. The van der Waals surface area contributed by atoms with Crippen molar-refractivity contribution in [2.24, 2.45) is 0 Å². The maximum absolute atomic E-state index is 12.2. The molecule has 19 heavy (non-hydrogen) atoms. The minimum absolute atomic E-state index is 0.000287. The number of amides is 1. The number of aliphatic hydroxyl groups excluding tert-OH is 1. The van der Waals surface area contributed by atoms with Gasteiger partial charge in [0.05, 0.1) is 11.7 Å². The third-order valence-corrected chi connectivity index (χ3v) is 3.37. The number of carbonyl (C=O) groups is 2. The zero-order valence-corrected chi connectivity index (χ0v) is 11.1. The van der Waals surface area contributed by atoms with Crippen molar-refractivity contribution in [3.8, 4) is 0 Å². The van der Waals surface area contributed by atoms with Crippen molar-refractivity contribution in [2.45, 2.75) is 18.6 Å². The summed E-state index contributed by atoms with van der Waals surface area (Å²) < 4.78 is 0. The number of aromatic nitrogens is 1. The summed E-state index contributed by atoms with van der Waals surface area (Å²) in [5.41, 5.74) is 0.0615. The lowest BCUT2D eigenvalue weighted by Crippen LogP contribution is -2.40. The Kier molecular flexibility index (Phi) is 3.93. The van der Waals surface area contributed by atoms with Crippen LogP contribution in [0.25, 0.3) is 0 Å². The van der Waals surface area contributed by atoms with Gasteiger partial charge >= 0.3 is 5.97 Å². The van der Waals surface area contributed by atoms with E-state index < -0.39 is 24.0 Å². The molecule has 1 aliphatic rings. The van der Waals surface area contributed by atoms with Gasteiger partial charge in [-0.1, -0.05) is 23.2 Å². The third kappa shape index (κ3) is 2.80. The van der Waals surface area contributed by atoms with Crippen molar-refractivity contribution in [1.82, 2.24) is 9.88 Å². The van der Waals surface area contributed by atoms with Crippen LogP contribution in [0.4, 0.5) is 0 Å². The Morgan fingerprint density at radius 3 is 2.63 bits per heavy atom. The van der Waals surface area contributed by atoms with Crippen LogP contribution in [0.1, 0.15) is 16.8 Å². The number of carboxylic acids is 1. The minimum Gasteiger partial charge on any atom is -0.480 e. The van der Waals surface area contributed by atoms with E-state index in [9.17, 15) is 14.7 Å². The van der Waals surface area contributed by atoms with E-state index in [-0.39, 0.29) is 28.8 Å². The van der Waals surface area contributed by atoms with Gasteiger partial charge in [-0.05, 0) is 12.1 Å². The number of carbonyl (C=O) groups excluding carboxylic acids is 1. The summed E-state index contributed by atoms with van der Waals surface area (Å²) in [6, 6.07) is 1.71. The zero-order valence-electron chi connectivity index (χ0n) is 9.58. The number of likely N-dealkylation sites (tertiary alicyclic amines) is 1. The highest BCUT2D eigenvalue weighted by Gasteiger charge is 2.39. The number of pyridine rings is 1. The molecule has 1 aromatic rings. The largest absolute Gasteiger partial charge is 0.480 e. The zero-order chi connectivity index (χ0) is 14.2. The predicted octanol–water partition coefficient (Wildman–Crippen LogP) is 1.05. The van der Waals surface area contributed by atoms with Gasteiger partial charge in [0.1, 0.15) is 16.3 Å². The fourth-order valence-corrected chi connectivity index (χ4v) is 2.42. The molecule has 1 saturated heterocycles. The first-order valence-corrected chi connectivity index (χ1v) is 6.19. The number of rotatable bonds is 2. The molecule has 2 rings (SSSR count). The summed E-state index contributed by atoms with van der Waals surface area (Å²) in [5.74, 6) is -1.75. The van der Waals surface area contributed by atoms with Gasteiger partial charge in [-0.2, -0.15) is 0 Å². The van der Waals surface area contributed by atoms with Crippen molar-refractivity contribution < 1.29 is 19.8 Å². The SMILES string of the molecule is O=C(O)[C@@H]1C[C@H](O)CN1C(=O)c1ccc(Cl)nc1Cl. The molecule has 1 fully saturated rings. The molecule has 6 nitrogen and oxygen atoms in total. The first-order chi connectivity index (χ1) is 8.90. The van der Waals surface area contributed by atoms with E-state index in [2.05, 4.69) is 4.98 Å². The van der Waals surface area contributed by atoms with Gasteiger partial charge in [-0.3, -0.25) is 4.79 Å². The Hall–Kier alpha value is -1.37. The van der Waals surface area contributed by atoms with Gasteiger partial charge < -0.3 is 15.1 Å². The van der Waals surface area contributed by atoms with Crippen LogP contribution in [0.2, 0.25) is 10.3 Å². The van der Waals surface area contributed by atoms with Gasteiger partial charge in [0.15, 0.2) is 0 Å². The normalized spacial score (nSPS) is 22.6. The highest BCUT2D eigenvalue weighted by molar-refractivity contribution is 6.34. The molecule has 8 heteroatoms. The van der Waals surface area contributed by atoms with Crippen molar-refractivity contribution in [3.05, 3.63) is 28.0 Å². The van der Waals surface area contributed by atoms with E-state index in [4.69, 9.17) is 28.3 Å². The van der Waals surface area contributed by atoms with Crippen LogP contribution >= 0.6 is 23.2 Å². The molecule has 2 N–H and O–H groups in total. The molecular formula is C11H10Cl2N2O4. The fourth-order valence-electron chi connectivity index (χ4n) is 2.00. The van der Waals surface area contributed by atoms with Crippen molar-refractivity contribution in [1.29, 1.82) is 0 Å². The molecule has 0 aliphatic carbocycles. The van der Waals surface area contributed by atoms with Gasteiger partial charge in [0.25, 0.3) is 5.91 Å². The van der Waals surface area contributed by atoms with Gasteiger partial charge in [0, 0.05) is 13.0 Å². The number of hydrogen-bond acceptors (Lipinski definition) is 4. The summed E-state index contributed by atoms with van der Waals surface area (Å²) in [6.45, 7) is -0.0469. The Bertz CT molecular complexity index is 537. The molecule has 1 amide bonds. The number of nitrogens with zero attached hydrogens (tertiary/aromatic N) is 2. The first-order valence-electron chi connectivity index (χ1n) is 5.44. The Morgan fingerprint density at radius 1 is 1.37 bits per heavy atom. The van der Waals surface area contributed by atoms with Crippen LogP contribution in [0.15, 0.2) is 12.1 Å². The van der Waals surface area contributed by atoms with E-state index in [1.54, 1.807) is 0 Å². The van der Waals surface area contributed by atoms with E-state index >= 15 is 0 Å². The molecule has 0 radical (unpaired) electrons. The van der Waals surface area contributed by atoms with Crippen LogP contribution < -0.4 is 0 Å². The quantitative estimate of drug-likeness (QED) is 0.797. The summed E-state index contributed by atoms with van der Waals surface area (Å²) in [5, 5.41) is 18.6. The van der Waals surface area contributed by atoms with E-state index in [1.807, 2.05) is 0 Å². The highest BCUT2D eigenvalue weighted by atomic mass is 35.5. The second kappa shape index (κ2) is 5.32. The van der Waals surface area contributed by atoms with E-state index in [1.165, 1.54) is 12.1 Å². The van der Waals surface area contributed by atoms with E-state index in [0.717, 1.165) is 4.90 Å². The molecule has 0 saturated carbocycles. The number of β-amino-alcohol motifs (C(OH)–C–C–N with tert-alkyl or cyclic N) is 1. The molecule has 1 aromatic heterocycles. The average molecular weight is 305 g/mol. The van der Waals surface area contributed by atoms with Crippen LogP contribution in [0, 0.1) is 0 Å². The van der Waals surface area contributed by atoms with Gasteiger partial charge in [0.2, 0.25) is 0 Å². The number of halogens is 2. The summed E-state index contributed by atoms with van der Waals surface area (Å²) >= 11 is 11.4. The molecule has 2 heterocycles. The maximum atomic E-state index is 12.2.